The number of anilines is 1. The second kappa shape index (κ2) is 8.25. The largest absolute Gasteiger partial charge is 0.395 e. The normalized spacial score (nSPS) is 26.0. The second-order valence-corrected chi connectivity index (χ2v) is 8.61. The maximum absolute atomic E-state index is 13.3. The van der Waals surface area contributed by atoms with Crippen LogP contribution in [-0.4, -0.2) is 70.2 Å². The number of urea groups is 1. The van der Waals surface area contributed by atoms with Gasteiger partial charge in [0.2, 0.25) is 5.82 Å². The number of aliphatic hydroxyl groups excluding tert-OH is 1. The van der Waals surface area contributed by atoms with Crippen LogP contribution in [0.25, 0.3) is 0 Å². The van der Waals surface area contributed by atoms with Gasteiger partial charge in [-0.15, -0.1) is 0 Å². The monoisotopic (exact) mass is 420 g/mol. The van der Waals surface area contributed by atoms with Crippen molar-refractivity contribution < 1.29 is 9.90 Å². The molecule has 1 spiro atoms. The van der Waals surface area contributed by atoms with E-state index in [1.807, 2.05) is 17.0 Å². The Balaban J connectivity index is 1.65. The summed E-state index contributed by atoms with van der Waals surface area (Å²) in [4.78, 5) is 27.2. The van der Waals surface area contributed by atoms with Crippen LogP contribution in [-0.2, 0) is 5.54 Å². The first-order valence-corrected chi connectivity index (χ1v) is 10.6. The zero-order valence-corrected chi connectivity index (χ0v) is 18.0. The van der Waals surface area contributed by atoms with Gasteiger partial charge in [0, 0.05) is 18.3 Å². The highest BCUT2D eigenvalue weighted by Gasteiger charge is 2.54. The second-order valence-electron chi connectivity index (χ2n) is 8.61. The summed E-state index contributed by atoms with van der Waals surface area (Å²) in [7, 11) is 4.24. The zero-order valence-electron chi connectivity index (χ0n) is 18.0. The fourth-order valence-corrected chi connectivity index (χ4v) is 5.26. The van der Waals surface area contributed by atoms with Crippen molar-refractivity contribution in [2.45, 2.75) is 36.8 Å². The highest BCUT2D eigenvalue weighted by Crippen LogP contribution is 2.49. The molecular formula is C23H28N6O2. The number of carbonyl (C=O) groups is 1. The van der Waals surface area contributed by atoms with Crippen molar-refractivity contribution in [3.8, 4) is 6.07 Å². The highest BCUT2D eigenvalue weighted by atomic mass is 16.3. The molecule has 1 saturated heterocycles. The number of hydrogen-bond acceptors (Lipinski definition) is 6. The highest BCUT2D eigenvalue weighted by molar-refractivity contribution is 5.94. The quantitative estimate of drug-likeness (QED) is 0.798. The van der Waals surface area contributed by atoms with Crippen LogP contribution in [0, 0.1) is 11.3 Å². The van der Waals surface area contributed by atoms with Gasteiger partial charge < -0.3 is 10.0 Å². The Hall–Kier alpha value is -3.02. The van der Waals surface area contributed by atoms with Crippen LogP contribution in [0.3, 0.4) is 0 Å². The molecule has 2 amide bonds. The van der Waals surface area contributed by atoms with Gasteiger partial charge in [0.15, 0.2) is 0 Å². The van der Waals surface area contributed by atoms with Crippen molar-refractivity contribution in [2.24, 2.45) is 0 Å². The Kier molecular flexibility index (Phi) is 5.65. The van der Waals surface area contributed by atoms with E-state index >= 15 is 0 Å². The van der Waals surface area contributed by atoms with Crippen LogP contribution < -0.4 is 4.90 Å². The van der Waals surface area contributed by atoms with Crippen LogP contribution >= 0.6 is 0 Å². The topological polar surface area (TPSA) is 96.6 Å². The molecule has 4 rings (SSSR count). The summed E-state index contributed by atoms with van der Waals surface area (Å²) in [5, 5.41) is 18.8. The molecule has 8 nitrogen and oxygen atoms in total. The number of nitrogens with zero attached hydrogens (tertiary/aromatic N) is 6. The fourth-order valence-electron chi connectivity index (χ4n) is 5.26. The molecule has 2 heterocycles. The summed E-state index contributed by atoms with van der Waals surface area (Å²) >= 11 is 0. The molecule has 2 fully saturated rings. The maximum Gasteiger partial charge on any atom is 0.326 e. The number of rotatable bonds is 5. The van der Waals surface area contributed by atoms with Crippen LogP contribution in [0.4, 0.5) is 10.6 Å². The predicted octanol–water partition coefficient (Wildman–Crippen LogP) is 2.35. The maximum atomic E-state index is 13.3. The van der Waals surface area contributed by atoms with E-state index in [9.17, 15) is 9.90 Å². The minimum atomic E-state index is -0.369. The number of aromatic nitrogens is 2. The number of hydrogen-bond donors (Lipinski definition) is 1. The van der Waals surface area contributed by atoms with Crippen molar-refractivity contribution in [1.82, 2.24) is 19.8 Å². The molecule has 31 heavy (non-hydrogen) atoms. The lowest BCUT2D eigenvalue weighted by atomic mass is 9.68. The minimum Gasteiger partial charge on any atom is -0.395 e. The van der Waals surface area contributed by atoms with E-state index in [-0.39, 0.29) is 36.1 Å². The lowest BCUT2D eigenvalue weighted by Gasteiger charge is -2.51. The lowest BCUT2D eigenvalue weighted by molar-refractivity contribution is 0.0216. The van der Waals surface area contributed by atoms with Gasteiger partial charge >= 0.3 is 6.03 Å². The molecular weight excluding hydrogens is 392 g/mol. The molecule has 2 aromatic rings. The van der Waals surface area contributed by atoms with Gasteiger partial charge in [0.25, 0.3) is 0 Å². The van der Waals surface area contributed by atoms with E-state index in [0.717, 1.165) is 25.7 Å². The third-order valence-electron chi connectivity index (χ3n) is 7.00. The van der Waals surface area contributed by atoms with Crippen molar-refractivity contribution in [1.29, 1.82) is 5.26 Å². The molecule has 162 valence electrons. The van der Waals surface area contributed by atoms with Gasteiger partial charge in [0.05, 0.1) is 18.7 Å². The van der Waals surface area contributed by atoms with Crippen LogP contribution in [0.1, 0.15) is 37.1 Å². The summed E-state index contributed by atoms with van der Waals surface area (Å²) in [6, 6.07) is 14.0. The SMILES string of the molecule is CN(C)[C@]1(c2ccccc2)CC[C@@]2(CC1)CN(c1ccnc(C#N)n1)C(=O)N2CCO. The number of benzene rings is 1. The number of β-amino-alcohol motifs (C(OH)–C–C–N with tert-alkyl or cyclic N) is 1. The van der Waals surface area contributed by atoms with Gasteiger partial charge in [0.1, 0.15) is 11.9 Å². The number of aliphatic hydroxyl groups is 1. The smallest absolute Gasteiger partial charge is 0.326 e. The molecule has 0 unspecified atom stereocenters. The van der Waals surface area contributed by atoms with Gasteiger partial charge in [-0.05, 0) is 51.4 Å². The van der Waals surface area contributed by atoms with E-state index in [4.69, 9.17) is 5.26 Å². The number of nitriles is 1. The van der Waals surface area contributed by atoms with Crippen molar-refractivity contribution >= 4 is 11.8 Å². The first-order valence-electron chi connectivity index (χ1n) is 10.6. The summed E-state index contributed by atoms with van der Waals surface area (Å²) in [6.07, 6.45) is 4.94. The average Bonchev–Trinajstić information content (AvgIpc) is 3.07. The predicted molar refractivity (Wildman–Crippen MR) is 116 cm³/mol. The molecule has 1 saturated carbocycles. The summed E-state index contributed by atoms with van der Waals surface area (Å²) in [6.45, 7) is 0.684. The van der Waals surface area contributed by atoms with Gasteiger partial charge in [-0.1, -0.05) is 30.3 Å². The first-order chi connectivity index (χ1) is 15.0. The van der Waals surface area contributed by atoms with E-state index in [0.29, 0.717) is 12.4 Å². The van der Waals surface area contributed by atoms with Crippen LogP contribution in [0.2, 0.25) is 0 Å². The van der Waals surface area contributed by atoms with E-state index in [1.165, 1.54) is 11.8 Å². The van der Waals surface area contributed by atoms with Crippen molar-refractivity contribution in [2.75, 3.05) is 38.7 Å². The Morgan fingerprint density at radius 1 is 1.16 bits per heavy atom. The Bertz CT molecular complexity index is 979. The number of amides is 2. The molecule has 2 aliphatic rings. The van der Waals surface area contributed by atoms with E-state index in [2.05, 4.69) is 53.2 Å². The summed E-state index contributed by atoms with van der Waals surface area (Å²) in [5.74, 6) is 0.475. The molecule has 0 bridgehead atoms. The molecule has 1 aromatic carbocycles. The fraction of sp³-hybridized carbons (Fsp3) is 0.478. The summed E-state index contributed by atoms with van der Waals surface area (Å²) in [5.41, 5.74) is 0.835. The van der Waals surface area contributed by atoms with E-state index in [1.54, 1.807) is 11.0 Å². The third-order valence-corrected chi connectivity index (χ3v) is 7.00. The minimum absolute atomic E-state index is 0.0410. The standard InChI is InChI=1S/C23H28N6O2/c1-27(2)23(18-6-4-3-5-7-18)11-9-22(10-12-23)17-28(21(31)29(22)14-15-30)20-8-13-25-19(16-24)26-20/h3-8,13,30H,9-12,14-15,17H2,1-2H3/t22-,23-. The molecule has 1 aliphatic heterocycles. The third kappa shape index (κ3) is 3.54. The lowest BCUT2D eigenvalue weighted by Crippen LogP contribution is -2.55. The van der Waals surface area contributed by atoms with Gasteiger partial charge in [-0.3, -0.25) is 9.80 Å². The zero-order chi connectivity index (χ0) is 22.1. The van der Waals surface area contributed by atoms with Gasteiger partial charge in [-0.2, -0.15) is 5.26 Å². The Labute approximate surface area is 182 Å². The van der Waals surface area contributed by atoms with E-state index < -0.39 is 0 Å². The van der Waals surface area contributed by atoms with Crippen molar-refractivity contribution in [3.63, 3.8) is 0 Å². The molecule has 8 heteroatoms. The number of carbonyl (C=O) groups excluding carboxylic acids is 1. The molecule has 1 aromatic heterocycles. The first kappa shape index (κ1) is 21.2. The van der Waals surface area contributed by atoms with Crippen molar-refractivity contribution in [3.05, 3.63) is 54.0 Å². The van der Waals surface area contributed by atoms with Crippen LogP contribution in [0.5, 0.6) is 0 Å². The Morgan fingerprint density at radius 3 is 2.48 bits per heavy atom. The molecule has 0 radical (unpaired) electrons. The summed E-state index contributed by atoms with van der Waals surface area (Å²) < 4.78 is 0. The average molecular weight is 421 g/mol. The Morgan fingerprint density at radius 2 is 1.87 bits per heavy atom. The molecule has 1 N–H and O–H groups in total. The molecule has 0 atom stereocenters. The molecule has 1 aliphatic carbocycles. The van der Waals surface area contributed by atoms with Gasteiger partial charge in [-0.25, -0.2) is 14.8 Å². The van der Waals surface area contributed by atoms with Crippen LogP contribution in [0.15, 0.2) is 42.6 Å².